The second-order valence-corrected chi connectivity index (χ2v) is 8.35. The molecule has 35 heavy (non-hydrogen) atoms. The molecule has 1 aliphatic heterocycles. The summed E-state index contributed by atoms with van der Waals surface area (Å²) in [5.74, 6) is -2.37. The summed E-state index contributed by atoms with van der Waals surface area (Å²) in [4.78, 5) is 39.9. The number of nitrogens with zero attached hydrogens (tertiary/aromatic N) is 1. The third-order valence-electron chi connectivity index (χ3n) is 5.96. The van der Waals surface area contributed by atoms with Crippen LogP contribution in [0.2, 0.25) is 0 Å². The number of aromatic hydroxyl groups is 1. The number of aliphatic hydroxyl groups excluding tert-OH is 1. The van der Waals surface area contributed by atoms with E-state index in [1.807, 2.05) is 26.0 Å². The van der Waals surface area contributed by atoms with Gasteiger partial charge in [0.2, 0.25) is 0 Å². The van der Waals surface area contributed by atoms with Crippen molar-refractivity contribution >= 4 is 29.1 Å². The number of hydrogen-bond donors (Lipinski definition) is 2. The second-order valence-electron chi connectivity index (χ2n) is 8.35. The van der Waals surface area contributed by atoms with E-state index in [0.717, 1.165) is 11.1 Å². The summed E-state index contributed by atoms with van der Waals surface area (Å²) in [6, 6.07) is 16.8. The first-order valence-electron chi connectivity index (χ1n) is 11.2. The summed E-state index contributed by atoms with van der Waals surface area (Å²) in [6.45, 7) is 5.62. The number of phenols is 1. The minimum absolute atomic E-state index is 0.0269. The zero-order valence-corrected chi connectivity index (χ0v) is 19.6. The van der Waals surface area contributed by atoms with E-state index < -0.39 is 23.7 Å². The maximum absolute atomic E-state index is 13.3. The Morgan fingerprint density at radius 3 is 2.26 bits per heavy atom. The van der Waals surface area contributed by atoms with E-state index in [-0.39, 0.29) is 23.7 Å². The van der Waals surface area contributed by atoms with Crippen LogP contribution in [0.4, 0.5) is 5.69 Å². The molecule has 7 heteroatoms. The van der Waals surface area contributed by atoms with E-state index in [2.05, 4.69) is 0 Å². The van der Waals surface area contributed by atoms with Crippen molar-refractivity contribution in [3.63, 3.8) is 0 Å². The molecule has 1 amide bonds. The Morgan fingerprint density at radius 2 is 1.63 bits per heavy atom. The Balaban J connectivity index is 1.89. The van der Waals surface area contributed by atoms with Crippen LogP contribution in [0.15, 0.2) is 72.3 Å². The normalized spacial score (nSPS) is 17.0. The molecule has 0 bridgehead atoms. The quantitative estimate of drug-likeness (QED) is 0.239. The number of aliphatic hydroxyl groups is 1. The number of hydrogen-bond acceptors (Lipinski definition) is 6. The standard InChI is InChI=1S/C28H25NO6/c1-4-35-28(34)19-7-11-20(12-8-19)29-24(18-9-13-21(30)14-10-18)23(26(32)27(29)33)25(31)22-15-16(2)5-6-17(22)3/h5-15,24,30-31H,4H2,1-3H3/b25-23+. The molecular formula is C28H25NO6. The van der Waals surface area contributed by atoms with Gasteiger partial charge in [0.15, 0.2) is 0 Å². The third kappa shape index (κ3) is 4.40. The average molecular weight is 472 g/mol. The van der Waals surface area contributed by atoms with Gasteiger partial charge in [-0.1, -0.05) is 29.8 Å². The van der Waals surface area contributed by atoms with Crippen molar-refractivity contribution in [2.75, 3.05) is 11.5 Å². The molecule has 1 aliphatic rings. The number of benzene rings is 3. The number of amides is 1. The number of carbonyl (C=O) groups is 3. The number of esters is 1. The molecule has 1 atom stereocenters. The minimum atomic E-state index is -0.941. The van der Waals surface area contributed by atoms with Crippen LogP contribution in [-0.2, 0) is 14.3 Å². The van der Waals surface area contributed by atoms with Crippen LogP contribution in [0.1, 0.15) is 45.6 Å². The first-order chi connectivity index (χ1) is 16.7. The van der Waals surface area contributed by atoms with E-state index in [0.29, 0.717) is 22.4 Å². The van der Waals surface area contributed by atoms with E-state index in [4.69, 9.17) is 4.74 Å². The largest absolute Gasteiger partial charge is 0.508 e. The topological polar surface area (TPSA) is 104 Å². The Kier molecular flexibility index (Phi) is 6.42. The van der Waals surface area contributed by atoms with Gasteiger partial charge < -0.3 is 14.9 Å². The number of ketones is 1. The second kappa shape index (κ2) is 9.46. The number of ether oxygens (including phenoxy) is 1. The Hall–Kier alpha value is -4.39. The molecule has 0 radical (unpaired) electrons. The summed E-state index contributed by atoms with van der Waals surface area (Å²) >= 11 is 0. The smallest absolute Gasteiger partial charge is 0.338 e. The Morgan fingerprint density at radius 1 is 0.971 bits per heavy atom. The average Bonchev–Trinajstić information content (AvgIpc) is 3.11. The van der Waals surface area contributed by atoms with Gasteiger partial charge in [-0.3, -0.25) is 14.5 Å². The van der Waals surface area contributed by atoms with Crippen molar-refractivity contribution in [3.8, 4) is 5.75 Å². The fourth-order valence-corrected chi connectivity index (χ4v) is 4.18. The highest BCUT2D eigenvalue weighted by Crippen LogP contribution is 2.42. The molecule has 0 saturated carbocycles. The van der Waals surface area contributed by atoms with Crippen LogP contribution in [0.5, 0.6) is 5.75 Å². The van der Waals surface area contributed by atoms with Crippen molar-refractivity contribution in [3.05, 3.63) is 100 Å². The Bertz CT molecular complexity index is 1340. The van der Waals surface area contributed by atoms with Crippen molar-refractivity contribution in [2.45, 2.75) is 26.8 Å². The number of Topliss-reactive ketones (excluding diaryl/α,β-unsaturated/α-hetero) is 1. The van der Waals surface area contributed by atoms with Gasteiger partial charge in [-0.2, -0.15) is 0 Å². The zero-order valence-electron chi connectivity index (χ0n) is 19.6. The van der Waals surface area contributed by atoms with E-state index in [9.17, 15) is 24.6 Å². The van der Waals surface area contributed by atoms with Gasteiger partial charge in [0.25, 0.3) is 11.7 Å². The zero-order chi connectivity index (χ0) is 25.3. The molecular weight excluding hydrogens is 446 g/mol. The van der Waals surface area contributed by atoms with Crippen molar-refractivity contribution in [1.29, 1.82) is 0 Å². The van der Waals surface area contributed by atoms with Gasteiger partial charge >= 0.3 is 5.97 Å². The molecule has 7 nitrogen and oxygen atoms in total. The lowest BCUT2D eigenvalue weighted by molar-refractivity contribution is -0.132. The summed E-state index contributed by atoms with van der Waals surface area (Å²) in [6.07, 6.45) is 0. The van der Waals surface area contributed by atoms with Crippen molar-refractivity contribution in [2.24, 2.45) is 0 Å². The first-order valence-corrected chi connectivity index (χ1v) is 11.2. The van der Waals surface area contributed by atoms with Crippen LogP contribution in [-0.4, -0.2) is 34.5 Å². The predicted octanol–water partition coefficient (Wildman–Crippen LogP) is 4.81. The van der Waals surface area contributed by atoms with E-state index in [1.165, 1.54) is 29.2 Å². The maximum Gasteiger partial charge on any atom is 0.338 e. The molecule has 1 heterocycles. The first kappa shape index (κ1) is 23.8. The molecule has 1 unspecified atom stereocenters. The lowest BCUT2D eigenvalue weighted by atomic mass is 9.93. The molecule has 4 rings (SSSR count). The highest BCUT2D eigenvalue weighted by Gasteiger charge is 2.47. The molecule has 1 fully saturated rings. The monoisotopic (exact) mass is 471 g/mol. The number of anilines is 1. The lowest BCUT2D eigenvalue weighted by Gasteiger charge is -2.25. The van der Waals surface area contributed by atoms with Crippen LogP contribution in [0.3, 0.4) is 0 Å². The molecule has 2 N–H and O–H groups in total. The molecule has 3 aromatic rings. The van der Waals surface area contributed by atoms with Gasteiger partial charge in [0, 0.05) is 11.3 Å². The van der Waals surface area contributed by atoms with E-state index >= 15 is 0 Å². The summed E-state index contributed by atoms with van der Waals surface area (Å²) in [5.41, 5.74) is 3.27. The molecule has 3 aromatic carbocycles. The molecule has 1 saturated heterocycles. The minimum Gasteiger partial charge on any atom is -0.508 e. The summed E-state index contributed by atoms with van der Waals surface area (Å²) in [7, 11) is 0. The van der Waals surface area contributed by atoms with Crippen molar-refractivity contribution < 1.29 is 29.3 Å². The maximum atomic E-state index is 13.3. The van der Waals surface area contributed by atoms with Crippen LogP contribution >= 0.6 is 0 Å². The number of aryl methyl sites for hydroxylation is 2. The number of rotatable bonds is 5. The summed E-state index contributed by atoms with van der Waals surface area (Å²) < 4.78 is 5.01. The lowest BCUT2D eigenvalue weighted by Crippen LogP contribution is -2.29. The molecule has 0 spiro atoms. The van der Waals surface area contributed by atoms with Gasteiger partial charge in [-0.05, 0) is 74.4 Å². The number of carbonyl (C=O) groups excluding carboxylic acids is 3. The third-order valence-corrected chi connectivity index (χ3v) is 5.96. The van der Waals surface area contributed by atoms with Gasteiger partial charge in [-0.15, -0.1) is 0 Å². The van der Waals surface area contributed by atoms with Gasteiger partial charge in [0.1, 0.15) is 11.5 Å². The highest BCUT2D eigenvalue weighted by atomic mass is 16.5. The SMILES string of the molecule is CCOC(=O)c1ccc(N2C(=O)C(=O)/C(=C(/O)c3cc(C)ccc3C)C2c2ccc(O)cc2)cc1. The van der Waals surface area contributed by atoms with Crippen LogP contribution in [0, 0.1) is 13.8 Å². The molecule has 0 aromatic heterocycles. The van der Waals surface area contributed by atoms with Crippen LogP contribution in [0.25, 0.3) is 5.76 Å². The number of phenolic OH excluding ortho intramolecular Hbond substituents is 1. The summed E-state index contributed by atoms with van der Waals surface area (Å²) in [5, 5.41) is 21.1. The van der Waals surface area contributed by atoms with E-state index in [1.54, 1.807) is 37.3 Å². The fourth-order valence-electron chi connectivity index (χ4n) is 4.18. The predicted molar refractivity (Wildman–Crippen MR) is 131 cm³/mol. The van der Waals surface area contributed by atoms with Gasteiger partial charge in [-0.25, -0.2) is 4.79 Å². The van der Waals surface area contributed by atoms with Crippen molar-refractivity contribution in [1.82, 2.24) is 0 Å². The molecule has 178 valence electrons. The Labute approximate surface area is 202 Å². The highest BCUT2D eigenvalue weighted by molar-refractivity contribution is 6.51. The van der Waals surface area contributed by atoms with Gasteiger partial charge in [0.05, 0.1) is 23.8 Å². The van der Waals surface area contributed by atoms with Crippen LogP contribution < -0.4 is 4.90 Å². The fraction of sp³-hybridized carbons (Fsp3) is 0.179. The molecule has 0 aliphatic carbocycles.